The van der Waals surface area contributed by atoms with Crippen molar-refractivity contribution in [2.45, 2.75) is 48.0 Å². The highest BCUT2D eigenvalue weighted by atomic mass is 19.1. The zero-order valence-corrected chi connectivity index (χ0v) is 16.2. The lowest BCUT2D eigenvalue weighted by molar-refractivity contribution is 0.245. The second-order valence-corrected chi connectivity index (χ2v) is 4.87. The molecule has 2 nitrogen and oxygen atoms in total. The van der Waals surface area contributed by atoms with Crippen LogP contribution in [-0.2, 0) is 0 Å². The molecule has 0 radical (unpaired) electrons. The number of halogens is 2. The van der Waals surface area contributed by atoms with Crippen LogP contribution in [0.5, 0.6) is 11.5 Å². The molecule has 0 spiro atoms. The number of hydrogen-bond acceptors (Lipinski definition) is 2. The maximum Gasteiger partial charge on any atom is 0.123 e. The molecular formula is C21H30F2O2. The van der Waals surface area contributed by atoms with E-state index in [1.807, 2.05) is 27.7 Å². The van der Waals surface area contributed by atoms with Gasteiger partial charge in [0, 0.05) is 6.42 Å². The van der Waals surface area contributed by atoms with Gasteiger partial charge in [-0.25, -0.2) is 8.78 Å². The summed E-state index contributed by atoms with van der Waals surface area (Å²) < 4.78 is 37.0. The van der Waals surface area contributed by atoms with Crippen LogP contribution in [0.1, 0.15) is 45.2 Å². The van der Waals surface area contributed by atoms with Crippen LogP contribution in [0.25, 0.3) is 0 Å². The molecule has 4 heteroatoms. The first-order valence-electron chi connectivity index (χ1n) is 8.84. The Labute approximate surface area is 150 Å². The van der Waals surface area contributed by atoms with Gasteiger partial charge in [-0.2, -0.15) is 0 Å². The van der Waals surface area contributed by atoms with Gasteiger partial charge in [-0.3, -0.25) is 0 Å². The van der Waals surface area contributed by atoms with Crippen LogP contribution in [0.15, 0.2) is 36.4 Å². The Morgan fingerprint density at radius 1 is 0.680 bits per heavy atom. The van der Waals surface area contributed by atoms with E-state index in [0.29, 0.717) is 31.1 Å². The predicted molar refractivity (Wildman–Crippen MR) is 101 cm³/mol. The monoisotopic (exact) mass is 352 g/mol. The largest absolute Gasteiger partial charge is 0.493 e. The lowest BCUT2D eigenvalue weighted by atomic mass is 10.2. The number of ether oxygens (including phenoxy) is 2. The van der Waals surface area contributed by atoms with Crippen molar-refractivity contribution < 1.29 is 18.3 Å². The molecule has 0 fully saturated rings. The second-order valence-electron chi connectivity index (χ2n) is 4.87. The summed E-state index contributed by atoms with van der Waals surface area (Å²) >= 11 is 0. The van der Waals surface area contributed by atoms with Crippen molar-refractivity contribution in [3.8, 4) is 11.5 Å². The first-order chi connectivity index (χ1) is 12.1. The van der Waals surface area contributed by atoms with Gasteiger partial charge in [0.2, 0.25) is 0 Å². The predicted octanol–water partition coefficient (Wildman–Crippen LogP) is 6.48. The van der Waals surface area contributed by atoms with Crippen LogP contribution >= 0.6 is 0 Å². The van der Waals surface area contributed by atoms with Crippen molar-refractivity contribution in [3.05, 3.63) is 59.2 Å². The molecule has 0 aliphatic rings. The number of rotatable bonds is 6. The van der Waals surface area contributed by atoms with Crippen LogP contribution in [-0.4, -0.2) is 13.2 Å². The molecule has 0 aliphatic carbocycles. The normalized spacial score (nSPS) is 9.28. The maximum absolute atomic E-state index is 12.9. The van der Waals surface area contributed by atoms with Gasteiger partial charge in [-0.05, 0) is 61.4 Å². The molecule has 140 valence electrons. The summed E-state index contributed by atoms with van der Waals surface area (Å²) in [7, 11) is 0. The van der Waals surface area contributed by atoms with Gasteiger partial charge in [-0.15, -0.1) is 0 Å². The van der Waals surface area contributed by atoms with Gasteiger partial charge in [0.1, 0.15) is 23.1 Å². The molecule has 0 saturated heterocycles. The molecular weight excluding hydrogens is 322 g/mol. The fourth-order valence-corrected chi connectivity index (χ4v) is 1.97. The summed E-state index contributed by atoms with van der Waals surface area (Å²) in [4.78, 5) is 0. The molecule has 0 unspecified atom stereocenters. The summed E-state index contributed by atoms with van der Waals surface area (Å²) in [6.07, 6.45) is 0.688. The minimum atomic E-state index is -0.269. The van der Waals surface area contributed by atoms with Crippen molar-refractivity contribution in [2.24, 2.45) is 0 Å². The van der Waals surface area contributed by atoms with Crippen LogP contribution in [0.2, 0.25) is 0 Å². The van der Waals surface area contributed by atoms with E-state index in [9.17, 15) is 8.78 Å². The first-order valence-corrected chi connectivity index (χ1v) is 8.84. The molecule has 2 aromatic rings. The van der Waals surface area contributed by atoms with E-state index >= 15 is 0 Å². The Balaban J connectivity index is 0.00000134. The Morgan fingerprint density at radius 2 is 1.04 bits per heavy atom. The van der Waals surface area contributed by atoms with Crippen LogP contribution < -0.4 is 9.47 Å². The Morgan fingerprint density at radius 3 is 1.36 bits per heavy atom. The van der Waals surface area contributed by atoms with Crippen molar-refractivity contribution in [1.29, 1.82) is 0 Å². The molecule has 0 aromatic heterocycles. The fraction of sp³-hybridized carbons (Fsp3) is 0.429. The lowest BCUT2D eigenvalue weighted by Gasteiger charge is -2.11. The van der Waals surface area contributed by atoms with E-state index in [1.54, 1.807) is 26.0 Å². The number of benzene rings is 2. The van der Waals surface area contributed by atoms with Crippen molar-refractivity contribution in [2.75, 3.05) is 13.2 Å². The molecule has 0 heterocycles. The molecule has 0 bridgehead atoms. The van der Waals surface area contributed by atoms with Gasteiger partial charge in [0.05, 0.1) is 13.2 Å². The summed E-state index contributed by atoms with van der Waals surface area (Å²) in [6, 6.07) is 8.87. The topological polar surface area (TPSA) is 18.5 Å². The van der Waals surface area contributed by atoms with E-state index in [0.717, 1.165) is 11.1 Å². The third-order valence-corrected chi connectivity index (χ3v) is 3.08. The maximum atomic E-state index is 12.9. The smallest absolute Gasteiger partial charge is 0.123 e. The van der Waals surface area contributed by atoms with Gasteiger partial charge in [0.15, 0.2) is 0 Å². The fourth-order valence-electron chi connectivity index (χ4n) is 1.97. The minimum absolute atomic E-state index is 0.269. The standard InChI is InChI=1S/C17H18F2O2.2C2H6/c1-12-10-14(18)4-6-16(12)20-8-3-9-21-17-7-5-15(19)11-13(17)2;2*1-2/h4-7,10-11H,3,8-9H2,1-2H3;2*1-2H3. The average molecular weight is 352 g/mol. The highest BCUT2D eigenvalue weighted by Gasteiger charge is 2.03. The third kappa shape index (κ3) is 8.52. The van der Waals surface area contributed by atoms with Gasteiger partial charge in [0.25, 0.3) is 0 Å². The quantitative estimate of drug-likeness (QED) is 0.554. The molecule has 25 heavy (non-hydrogen) atoms. The summed E-state index contributed by atoms with van der Waals surface area (Å²) in [5.41, 5.74) is 1.54. The van der Waals surface area contributed by atoms with Crippen LogP contribution in [0.4, 0.5) is 8.78 Å². The zero-order chi connectivity index (χ0) is 19.2. The van der Waals surface area contributed by atoms with E-state index in [2.05, 4.69) is 0 Å². The number of aryl methyl sites for hydroxylation is 2. The van der Waals surface area contributed by atoms with E-state index < -0.39 is 0 Å². The zero-order valence-electron chi connectivity index (χ0n) is 16.2. The van der Waals surface area contributed by atoms with Crippen LogP contribution in [0, 0.1) is 25.5 Å². The second kappa shape index (κ2) is 13.2. The van der Waals surface area contributed by atoms with Gasteiger partial charge >= 0.3 is 0 Å². The highest BCUT2D eigenvalue weighted by Crippen LogP contribution is 2.20. The van der Waals surface area contributed by atoms with Crippen molar-refractivity contribution in [3.63, 3.8) is 0 Å². The van der Waals surface area contributed by atoms with E-state index in [1.165, 1.54) is 24.3 Å². The SMILES string of the molecule is CC.CC.Cc1cc(F)ccc1OCCCOc1ccc(F)cc1C. The first kappa shape index (κ1) is 22.9. The Bertz CT molecular complexity index is 559. The van der Waals surface area contributed by atoms with E-state index in [-0.39, 0.29) is 11.6 Å². The summed E-state index contributed by atoms with van der Waals surface area (Å²) in [6.45, 7) is 12.6. The third-order valence-electron chi connectivity index (χ3n) is 3.08. The Kier molecular flexibility index (Phi) is 12.1. The molecule has 2 rings (SSSR count). The molecule has 2 aromatic carbocycles. The highest BCUT2D eigenvalue weighted by molar-refractivity contribution is 5.33. The van der Waals surface area contributed by atoms with Crippen molar-refractivity contribution >= 4 is 0 Å². The Hall–Kier alpha value is -2.10. The molecule has 0 amide bonds. The van der Waals surface area contributed by atoms with Crippen LogP contribution in [0.3, 0.4) is 0 Å². The van der Waals surface area contributed by atoms with Crippen molar-refractivity contribution in [1.82, 2.24) is 0 Å². The molecule has 0 N–H and O–H groups in total. The lowest BCUT2D eigenvalue weighted by Crippen LogP contribution is -2.06. The summed E-state index contributed by atoms with van der Waals surface area (Å²) in [5.74, 6) is 0.814. The molecule has 0 aliphatic heterocycles. The average Bonchev–Trinajstić information content (AvgIpc) is 2.61. The molecule has 0 saturated carbocycles. The van der Waals surface area contributed by atoms with E-state index in [4.69, 9.17) is 9.47 Å². The number of hydrogen-bond donors (Lipinski definition) is 0. The molecule has 0 atom stereocenters. The summed E-state index contributed by atoms with van der Waals surface area (Å²) in [5, 5.41) is 0. The minimum Gasteiger partial charge on any atom is -0.493 e. The van der Waals surface area contributed by atoms with Gasteiger partial charge in [-0.1, -0.05) is 27.7 Å². The van der Waals surface area contributed by atoms with Gasteiger partial charge < -0.3 is 9.47 Å².